The van der Waals surface area contributed by atoms with Gasteiger partial charge in [0, 0.05) is 23.8 Å². The highest BCUT2D eigenvalue weighted by atomic mass is 35.5. The first kappa shape index (κ1) is 22.5. The predicted octanol–water partition coefficient (Wildman–Crippen LogP) is 4.32. The van der Waals surface area contributed by atoms with Gasteiger partial charge in [0.05, 0.1) is 16.6 Å². The number of hydrogen-bond acceptors (Lipinski definition) is 7. The van der Waals surface area contributed by atoms with E-state index in [0.717, 1.165) is 12.0 Å². The fourth-order valence-electron chi connectivity index (χ4n) is 6.78. The van der Waals surface area contributed by atoms with Gasteiger partial charge in [-0.3, -0.25) is 4.18 Å². The molecule has 8 atom stereocenters. The first-order valence-electron chi connectivity index (χ1n) is 11.4. The maximum Gasteiger partial charge on any atom is 0.340 e. The van der Waals surface area contributed by atoms with Crippen LogP contribution in [0.5, 0.6) is 0 Å². The highest BCUT2D eigenvalue weighted by Crippen LogP contribution is 2.71. The molecule has 0 radical (unpaired) electrons. The quantitative estimate of drug-likeness (QED) is 0.442. The van der Waals surface area contributed by atoms with Crippen LogP contribution in [-0.2, 0) is 28.5 Å². The molecule has 2 aliphatic heterocycles. The number of carbonyl (C=O) groups excluding carboxylic acids is 1. The van der Waals surface area contributed by atoms with Crippen molar-refractivity contribution < 1.29 is 31.6 Å². The number of hydrogen-bond donors (Lipinski definition) is 0. The van der Waals surface area contributed by atoms with Crippen LogP contribution in [0.1, 0.15) is 36.2 Å². The van der Waals surface area contributed by atoms with Gasteiger partial charge in [0.2, 0.25) is 5.79 Å². The fraction of sp³-hybridized carbons (Fsp3) is 0.480. The lowest BCUT2D eigenvalue weighted by Crippen LogP contribution is -2.50. The molecular formula is C25H25ClO7S. The summed E-state index contributed by atoms with van der Waals surface area (Å²) >= 11 is 6.04. The highest BCUT2D eigenvalue weighted by molar-refractivity contribution is 7.86. The largest absolute Gasteiger partial charge is 0.429 e. The second-order valence-electron chi connectivity index (χ2n) is 10.1. The van der Waals surface area contributed by atoms with Crippen LogP contribution in [0, 0.1) is 30.6 Å². The number of rotatable bonds is 5. The first-order chi connectivity index (χ1) is 16.0. The second kappa shape index (κ2) is 7.27. The third-order valence-corrected chi connectivity index (χ3v) is 9.47. The molecule has 2 aromatic carbocycles. The van der Waals surface area contributed by atoms with Crippen molar-refractivity contribution in [1.82, 2.24) is 0 Å². The van der Waals surface area contributed by atoms with Crippen LogP contribution in [-0.4, -0.2) is 38.2 Å². The molecule has 2 heterocycles. The van der Waals surface area contributed by atoms with Gasteiger partial charge in [0.15, 0.2) is 5.79 Å². The first-order valence-corrected chi connectivity index (χ1v) is 13.2. The van der Waals surface area contributed by atoms with Crippen LogP contribution in [0.15, 0.2) is 53.4 Å². The average Bonchev–Trinajstić information content (AvgIpc) is 3.42. The normalized spacial score (nSPS) is 39.5. The zero-order chi connectivity index (χ0) is 24.0. The topological polar surface area (TPSA) is 88.1 Å². The lowest BCUT2D eigenvalue weighted by Gasteiger charge is -2.39. The average molecular weight is 505 g/mol. The summed E-state index contributed by atoms with van der Waals surface area (Å²) in [6, 6.07) is 13.1. The van der Waals surface area contributed by atoms with E-state index in [-0.39, 0.29) is 34.7 Å². The molecule has 4 fully saturated rings. The lowest BCUT2D eigenvalue weighted by molar-refractivity contribution is -0.314. The van der Waals surface area contributed by atoms with Gasteiger partial charge in [-0.25, -0.2) is 4.79 Å². The second-order valence-corrected chi connectivity index (χ2v) is 12.1. The van der Waals surface area contributed by atoms with Gasteiger partial charge in [-0.1, -0.05) is 35.4 Å². The standard InChI is InChI=1S/C25H25ClO7S/c1-13-7-9-16(10-8-13)34(28,29)32-22-18-12-17-19-20(18)25(3,33-24(19,2)30-21(17)22)31-23(27)14-5-4-6-15(26)11-14/h4-11,17-22H,12H2,1-3H3/t17-,18+,19-,20-,21+,22+,24+,25+/m1/s1. The summed E-state index contributed by atoms with van der Waals surface area (Å²) < 4.78 is 50.5. The smallest absolute Gasteiger partial charge is 0.340 e. The zero-order valence-corrected chi connectivity index (χ0v) is 20.5. The van der Waals surface area contributed by atoms with Gasteiger partial charge in [-0.15, -0.1) is 0 Å². The van der Waals surface area contributed by atoms with Crippen molar-refractivity contribution in [2.75, 3.05) is 0 Å². The number of fused-ring (bicyclic) bond motifs is 2. The van der Waals surface area contributed by atoms with Crippen molar-refractivity contribution in [3.05, 3.63) is 64.7 Å². The lowest BCUT2D eigenvalue weighted by atomic mass is 9.74. The van der Waals surface area contributed by atoms with Crippen LogP contribution in [0.25, 0.3) is 0 Å². The van der Waals surface area contributed by atoms with Gasteiger partial charge in [-0.05, 0) is 62.4 Å². The van der Waals surface area contributed by atoms with Gasteiger partial charge in [0.25, 0.3) is 10.1 Å². The summed E-state index contributed by atoms with van der Waals surface area (Å²) in [5.74, 6) is -3.23. The number of benzene rings is 2. The van der Waals surface area contributed by atoms with E-state index in [9.17, 15) is 13.2 Å². The van der Waals surface area contributed by atoms with E-state index in [4.69, 9.17) is 30.0 Å². The Kier molecular flexibility index (Phi) is 4.81. The third kappa shape index (κ3) is 3.19. The van der Waals surface area contributed by atoms with E-state index in [2.05, 4.69) is 0 Å². The molecule has 2 aliphatic carbocycles. The van der Waals surface area contributed by atoms with Crippen molar-refractivity contribution in [3.63, 3.8) is 0 Å². The van der Waals surface area contributed by atoms with Crippen molar-refractivity contribution in [2.24, 2.45) is 23.7 Å². The molecular weight excluding hydrogens is 480 g/mol. The van der Waals surface area contributed by atoms with Gasteiger partial charge in [0.1, 0.15) is 6.10 Å². The van der Waals surface area contributed by atoms with Gasteiger partial charge in [-0.2, -0.15) is 8.42 Å². The Bertz CT molecular complexity index is 1280. The maximum absolute atomic E-state index is 13.1. The van der Waals surface area contributed by atoms with Crippen LogP contribution in [0.3, 0.4) is 0 Å². The Balaban J connectivity index is 1.30. The Morgan fingerprint density at radius 1 is 1.09 bits per heavy atom. The van der Waals surface area contributed by atoms with E-state index in [1.807, 2.05) is 13.8 Å². The molecule has 0 spiro atoms. The molecule has 180 valence electrons. The summed E-state index contributed by atoms with van der Waals surface area (Å²) in [5, 5.41) is 0.427. The summed E-state index contributed by atoms with van der Waals surface area (Å²) in [4.78, 5) is 13.1. The Hall–Kier alpha value is -1.97. The molecule has 2 bridgehead atoms. The number of carbonyl (C=O) groups is 1. The minimum Gasteiger partial charge on any atom is -0.429 e. The molecule has 34 heavy (non-hydrogen) atoms. The SMILES string of the molecule is Cc1ccc(S(=O)(=O)O[C@H]2[C@H]3C[C@H]4[C@@H]2O[C@@]2(C)O[C@](C)(OC(=O)c5cccc(Cl)c5)[C@H]3[C@@H]42)cc1. The molecule has 4 aliphatic rings. The molecule has 0 N–H and O–H groups in total. The van der Waals surface area contributed by atoms with Gasteiger partial charge >= 0.3 is 5.97 Å². The Morgan fingerprint density at radius 3 is 2.53 bits per heavy atom. The zero-order valence-electron chi connectivity index (χ0n) is 18.9. The summed E-state index contributed by atoms with van der Waals surface area (Å²) in [5.41, 5.74) is 1.27. The van der Waals surface area contributed by atoms with Crippen LogP contribution in [0.2, 0.25) is 5.02 Å². The highest BCUT2D eigenvalue weighted by Gasteiger charge is 2.80. The van der Waals surface area contributed by atoms with Crippen LogP contribution in [0.4, 0.5) is 0 Å². The molecule has 0 aromatic heterocycles. The molecule has 9 heteroatoms. The number of esters is 1. The van der Waals surface area contributed by atoms with Crippen molar-refractivity contribution in [3.8, 4) is 0 Å². The number of halogens is 1. The van der Waals surface area contributed by atoms with E-state index >= 15 is 0 Å². The fourth-order valence-corrected chi connectivity index (χ4v) is 8.10. The summed E-state index contributed by atoms with van der Waals surface area (Å²) in [7, 11) is -4.00. The minimum absolute atomic E-state index is 0.0124. The number of aryl methyl sites for hydroxylation is 1. The van der Waals surface area contributed by atoms with Crippen molar-refractivity contribution >= 4 is 27.7 Å². The molecule has 0 unspecified atom stereocenters. The summed E-state index contributed by atoms with van der Waals surface area (Å²) in [6.07, 6.45) is -0.325. The Labute approximate surface area is 203 Å². The van der Waals surface area contributed by atoms with E-state index in [1.165, 1.54) is 6.07 Å². The molecule has 2 saturated heterocycles. The Morgan fingerprint density at radius 2 is 1.82 bits per heavy atom. The molecule has 7 nitrogen and oxygen atoms in total. The predicted molar refractivity (Wildman–Crippen MR) is 121 cm³/mol. The van der Waals surface area contributed by atoms with Crippen LogP contribution < -0.4 is 0 Å². The monoisotopic (exact) mass is 504 g/mol. The van der Waals surface area contributed by atoms with E-state index < -0.39 is 33.8 Å². The van der Waals surface area contributed by atoms with Crippen molar-refractivity contribution in [2.45, 2.75) is 55.9 Å². The number of ether oxygens (including phenoxy) is 3. The third-order valence-electron chi connectivity index (χ3n) is 7.91. The molecule has 2 aromatic rings. The molecule has 2 saturated carbocycles. The molecule has 0 amide bonds. The molecule has 6 rings (SSSR count). The minimum atomic E-state index is -4.00. The van der Waals surface area contributed by atoms with Crippen molar-refractivity contribution in [1.29, 1.82) is 0 Å². The van der Waals surface area contributed by atoms with Crippen LogP contribution >= 0.6 is 11.6 Å². The van der Waals surface area contributed by atoms with Gasteiger partial charge < -0.3 is 14.2 Å². The maximum atomic E-state index is 13.1. The van der Waals surface area contributed by atoms with E-state index in [0.29, 0.717) is 10.6 Å². The van der Waals surface area contributed by atoms with E-state index in [1.54, 1.807) is 49.4 Å². The summed E-state index contributed by atoms with van der Waals surface area (Å²) in [6.45, 7) is 5.46.